The summed E-state index contributed by atoms with van der Waals surface area (Å²) in [5, 5.41) is 0. The van der Waals surface area contributed by atoms with Crippen molar-refractivity contribution in [3.8, 4) is 33.8 Å². The highest BCUT2D eigenvalue weighted by Gasteiger charge is 2.45. The first-order valence-electron chi connectivity index (χ1n) is 22.3. The average Bonchev–Trinajstić information content (AvgIpc) is 3.94. The molecule has 9 heteroatoms. The molecule has 0 unspecified atom stereocenters. The number of rotatable bonds is 9. The number of hydrogen-bond acceptors (Lipinski definition) is 7. The third kappa shape index (κ3) is 6.94. The second-order valence-electron chi connectivity index (χ2n) is 16.5. The molecule has 0 N–H and O–H groups in total. The molecule has 0 saturated carbocycles. The molecular weight excluding hydrogens is 804 g/mol. The third-order valence-electron chi connectivity index (χ3n) is 12.6. The van der Waals surface area contributed by atoms with Crippen LogP contribution in [0, 0.1) is 0 Å². The van der Waals surface area contributed by atoms with E-state index in [4.69, 9.17) is 0 Å². The van der Waals surface area contributed by atoms with Crippen LogP contribution in [0.25, 0.3) is 33.8 Å². The Hall–Kier alpha value is -8.68. The molecule has 4 heterocycles. The number of pyridine rings is 1. The monoisotopic (exact) mass is 845 g/mol. The largest absolute Gasteiger partial charge is 0.420 e. The summed E-state index contributed by atoms with van der Waals surface area (Å²) in [6, 6.07) is 82.4. The lowest BCUT2D eigenvalue weighted by molar-refractivity contribution is 1.18. The van der Waals surface area contributed by atoms with Gasteiger partial charge in [-0.2, -0.15) is 0 Å². The van der Waals surface area contributed by atoms with Crippen LogP contribution < -0.4 is 30.2 Å². The maximum Gasteiger partial charge on any atom is 0.420 e. The second-order valence-corrected chi connectivity index (χ2v) is 16.5. The molecule has 0 aliphatic carbocycles. The molecule has 12 rings (SSSR count). The van der Waals surface area contributed by atoms with Gasteiger partial charge in [-0.3, -0.25) is 4.98 Å². The molecule has 0 bridgehead atoms. The fraction of sp³-hybridized carbons (Fsp3) is 0. The van der Waals surface area contributed by atoms with Gasteiger partial charge in [0.05, 0.1) is 28.4 Å². The topological polar surface area (TPSA) is 51.6 Å². The van der Waals surface area contributed by atoms with Gasteiger partial charge in [0.2, 0.25) is 0 Å². The first-order valence-corrected chi connectivity index (χ1v) is 22.3. The van der Waals surface area contributed by atoms with Crippen molar-refractivity contribution in [1.82, 2.24) is 15.0 Å². The highest BCUT2D eigenvalue weighted by molar-refractivity contribution is 6.85. The van der Waals surface area contributed by atoms with E-state index in [0.29, 0.717) is 5.82 Å². The van der Waals surface area contributed by atoms with Crippen molar-refractivity contribution in [2.24, 2.45) is 0 Å². The minimum Gasteiger partial charge on any atom is -0.360 e. The number of anilines is 8. The van der Waals surface area contributed by atoms with Gasteiger partial charge in [-0.05, 0) is 125 Å². The lowest BCUT2D eigenvalue weighted by Gasteiger charge is -2.31. The Morgan fingerprint density at radius 3 is 1.11 bits per heavy atom. The van der Waals surface area contributed by atoms with Crippen LogP contribution in [-0.4, -0.2) is 28.9 Å². The van der Waals surface area contributed by atoms with Gasteiger partial charge >= 0.3 is 14.0 Å². The summed E-state index contributed by atoms with van der Waals surface area (Å²) in [4.78, 5) is 23.5. The molecule has 2 aliphatic rings. The molecule has 0 saturated heterocycles. The highest BCUT2D eigenvalue weighted by atomic mass is 15.3. The van der Waals surface area contributed by atoms with Crippen LogP contribution in [0.15, 0.2) is 249 Å². The molecule has 2 aromatic heterocycles. The van der Waals surface area contributed by atoms with E-state index in [1.165, 1.54) is 10.9 Å². The summed E-state index contributed by atoms with van der Waals surface area (Å²) in [7, 11) is 0. The van der Waals surface area contributed by atoms with Crippen LogP contribution in [0.4, 0.5) is 45.5 Å². The van der Waals surface area contributed by atoms with Crippen molar-refractivity contribution >= 4 is 70.4 Å². The van der Waals surface area contributed by atoms with E-state index < -0.39 is 0 Å². The van der Waals surface area contributed by atoms with E-state index in [1.54, 1.807) is 12.4 Å². The number of fused-ring (bicyclic) bond motifs is 2. The summed E-state index contributed by atoms with van der Waals surface area (Å²) >= 11 is 0. The molecule has 0 radical (unpaired) electrons. The van der Waals surface area contributed by atoms with Gasteiger partial charge in [-0.15, -0.1) is 0 Å². The SMILES string of the molecule is c1ccc(N2B(c3cccc(-c4cccc(B5N(c6ccccc6)c6ccccc6N5c5ccc(-c6ncccn6)cc5)c4)c3)N(c3ccc(-c4ccccn4)cc3)c3ccccc32)cc1. The molecule has 2 aliphatic heterocycles. The molecule has 0 fully saturated rings. The minimum atomic E-state index is -0.186. The van der Waals surface area contributed by atoms with Gasteiger partial charge < -0.3 is 19.2 Å². The number of benzene rings is 8. The Labute approximate surface area is 385 Å². The summed E-state index contributed by atoms with van der Waals surface area (Å²) < 4.78 is 0. The van der Waals surface area contributed by atoms with E-state index in [1.807, 2.05) is 24.4 Å². The fourth-order valence-electron chi connectivity index (χ4n) is 9.70. The van der Waals surface area contributed by atoms with Gasteiger partial charge in [-0.25, -0.2) is 9.97 Å². The zero-order chi connectivity index (χ0) is 43.8. The van der Waals surface area contributed by atoms with Crippen molar-refractivity contribution in [1.29, 1.82) is 0 Å². The molecule has 10 aromatic rings. The lowest BCUT2D eigenvalue weighted by Crippen LogP contribution is -2.53. The summed E-state index contributed by atoms with van der Waals surface area (Å²) in [6.45, 7) is -0.361. The van der Waals surface area contributed by atoms with Crippen molar-refractivity contribution < 1.29 is 0 Å². The molecule has 8 aromatic carbocycles. The summed E-state index contributed by atoms with van der Waals surface area (Å²) in [6.07, 6.45) is 5.42. The Balaban J connectivity index is 0.968. The standard InChI is InChI=1S/C57H41B2N7/c1-3-20-48(21-4-1)63-53-25-7-9-27-55(53)65(50-33-29-42(30-34-50)52-24-11-12-37-60-52)58(63)46-18-13-16-44(40-46)45-17-14-19-47(41-45)59-64(49-22-5-2-6-23-49)54-26-8-10-28-56(54)66(59)51-35-31-43(32-36-51)57-61-38-15-39-62-57/h1-41H. The van der Waals surface area contributed by atoms with Crippen LogP contribution in [0.3, 0.4) is 0 Å². The van der Waals surface area contributed by atoms with Crippen molar-refractivity contribution in [2.45, 2.75) is 0 Å². The van der Waals surface area contributed by atoms with Crippen LogP contribution in [0.2, 0.25) is 0 Å². The minimum absolute atomic E-state index is 0.175. The fourth-order valence-corrected chi connectivity index (χ4v) is 9.70. The van der Waals surface area contributed by atoms with E-state index >= 15 is 0 Å². The normalized spacial score (nSPS) is 13.0. The van der Waals surface area contributed by atoms with E-state index in [-0.39, 0.29) is 14.0 Å². The highest BCUT2D eigenvalue weighted by Crippen LogP contribution is 2.48. The number of aromatic nitrogens is 3. The second kappa shape index (κ2) is 16.8. The van der Waals surface area contributed by atoms with Gasteiger partial charge in [0.15, 0.2) is 5.82 Å². The van der Waals surface area contributed by atoms with Crippen LogP contribution in [0.1, 0.15) is 0 Å². The molecule has 310 valence electrons. The first-order chi connectivity index (χ1) is 32.8. The maximum atomic E-state index is 4.63. The van der Waals surface area contributed by atoms with Crippen LogP contribution in [-0.2, 0) is 0 Å². The Kier molecular flexibility index (Phi) is 9.91. The Morgan fingerprint density at radius 1 is 0.273 bits per heavy atom. The van der Waals surface area contributed by atoms with E-state index in [9.17, 15) is 0 Å². The molecule has 0 spiro atoms. The van der Waals surface area contributed by atoms with E-state index in [0.717, 1.165) is 73.4 Å². The number of nitrogens with zero attached hydrogens (tertiary/aromatic N) is 7. The third-order valence-corrected chi connectivity index (χ3v) is 12.6. The quantitative estimate of drug-likeness (QED) is 0.134. The molecular formula is C57H41B2N7. The molecule has 0 amide bonds. The maximum absolute atomic E-state index is 4.63. The first kappa shape index (κ1) is 39.0. The van der Waals surface area contributed by atoms with Crippen molar-refractivity contribution in [3.63, 3.8) is 0 Å². The molecule has 7 nitrogen and oxygen atoms in total. The summed E-state index contributed by atoms with van der Waals surface area (Å²) in [5.41, 5.74) is 16.6. The van der Waals surface area contributed by atoms with E-state index in [2.05, 4.69) is 247 Å². The van der Waals surface area contributed by atoms with Crippen molar-refractivity contribution in [3.05, 3.63) is 249 Å². The number of para-hydroxylation sites is 6. The van der Waals surface area contributed by atoms with Gasteiger partial charge in [-0.1, -0.05) is 127 Å². The van der Waals surface area contributed by atoms with Gasteiger partial charge in [0, 0.05) is 52.5 Å². The number of hydrogen-bond donors (Lipinski definition) is 0. The van der Waals surface area contributed by atoms with Gasteiger partial charge in [0.1, 0.15) is 0 Å². The Bertz CT molecular complexity index is 3060. The van der Waals surface area contributed by atoms with Crippen LogP contribution in [0.5, 0.6) is 0 Å². The zero-order valence-corrected chi connectivity index (χ0v) is 36.0. The van der Waals surface area contributed by atoms with Crippen molar-refractivity contribution in [2.75, 3.05) is 19.2 Å². The summed E-state index contributed by atoms with van der Waals surface area (Å²) in [5.74, 6) is 0.707. The van der Waals surface area contributed by atoms with Gasteiger partial charge in [0.25, 0.3) is 0 Å². The Morgan fingerprint density at radius 2 is 0.667 bits per heavy atom. The predicted molar refractivity (Wildman–Crippen MR) is 274 cm³/mol. The average molecular weight is 846 g/mol. The zero-order valence-electron chi connectivity index (χ0n) is 36.0. The molecule has 66 heavy (non-hydrogen) atoms. The smallest absolute Gasteiger partial charge is 0.360 e. The molecule has 0 atom stereocenters. The lowest BCUT2D eigenvalue weighted by atomic mass is 9.63. The van der Waals surface area contributed by atoms with Crippen LogP contribution >= 0.6 is 0 Å². The predicted octanol–water partition coefficient (Wildman–Crippen LogP) is 12.2.